The Kier molecular flexibility index (Phi) is 7.08. The van der Waals surface area contributed by atoms with Crippen molar-refractivity contribution in [3.8, 4) is 0 Å². The highest BCUT2D eigenvalue weighted by Gasteiger charge is 2.15. The van der Waals surface area contributed by atoms with Crippen LogP contribution in [0.15, 0.2) is 18.5 Å². The van der Waals surface area contributed by atoms with Crippen LogP contribution in [0, 0.1) is 11.8 Å². The third kappa shape index (κ3) is 6.06. The Morgan fingerprint density at radius 2 is 2.15 bits per heavy atom. The fourth-order valence-corrected chi connectivity index (χ4v) is 1.99. The molecule has 1 aromatic rings. The van der Waals surface area contributed by atoms with Crippen molar-refractivity contribution in [1.82, 2.24) is 20.4 Å². The fraction of sp³-hybridized carbons (Fsp3) is 0.714. The van der Waals surface area contributed by atoms with Gasteiger partial charge in [-0.3, -0.25) is 4.68 Å². The first-order chi connectivity index (χ1) is 9.52. The van der Waals surface area contributed by atoms with Crippen molar-refractivity contribution in [3.63, 3.8) is 0 Å². The summed E-state index contributed by atoms with van der Waals surface area (Å²) in [4.78, 5) is 11.8. The van der Waals surface area contributed by atoms with Gasteiger partial charge < -0.3 is 15.7 Å². The number of aromatic nitrogens is 2. The van der Waals surface area contributed by atoms with E-state index in [0.29, 0.717) is 24.8 Å². The molecule has 1 rings (SSSR count). The van der Waals surface area contributed by atoms with Gasteiger partial charge in [0.05, 0.1) is 0 Å². The maximum Gasteiger partial charge on any atom is 0.315 e. The van der Waals surface area contributed by atoms with Gasteiger partial charge in [-0.15, -0.1) is 0 Å². The summed E-state index contributed by atoms with van der Waals surface area (Å²) in [5, 5.41) is 18.9. The van der Waals surface area contributed by atoms with Crippen LogP contribution in [0.1, 0.15) is 27.2 Å². The number of amides is 2. The molecule has 6 nitrogen and oxygen atoms in total. The molecule has 0 aliphatic heterocycles. The first kappa shape index (κ1) is 16.5. The molecular formula is C14H26N4O2. The molecule has 6 heteroatoms. The number of hydrogen-bond acceptors (Lipinski definition) is 3. The normalized spacial score (nSPS) is 14.1. The number of hydrogen-bond donors (Lipinski definition) is 3. The lowest BCUT2D eigenvalue weighted by molar-refractivity contribution is 0.217. The van der Waals surface area contributed by atoms with Crippen molar-refractivity contribution in [2.45, 2.75) is 39.8 Å². The minimum Gasteiger partial charge on any atom is -0.396 e. The average Bonchev–Trinajstić information content (AvgIpc) is 2.88. The Morgan fingerprint density at radius 3 is 2.70 bits per heavy atom. The van der Waals surface area contributed by atoms with Crippen molar-refractivity contribution in [2.75, 3.05) is 13.2 Å². The van der Waals surface area contributed by atoms with Crippen molar-refractivity contribution < 1.29 is 9.90 Å². The molecule has 0 spiro atoms. The van der Waals surface area contributed by atoms with Gasteiger partial charge in [0, 0.05) is 38.1 Å². The van der Waals surface area contributed by atoms with Gasteiger partial charge in [-0.1, -0.05) is 20.8 Å². The van der Waals surface area contributed by atoms with Gasteiger partial charge in [0.15, 0.2) is 0 Å². The van der Waals surface area contributed by atoms with E-state index < -0.39 is 0 Å². The highest BCUT2D eigenvalue weighted by Crippen LogP contribution is 2.05. The van der Waals surface area contributed by atoms with E-state index in [1.807, 2.05) is 30.8 Å². The van der Waals surface area contributed by atoms with E-state index in [2.05, 4.69) is 22.7 Å². The molecule has 0 aliphatic rings. The van der Waals surface area contributed by atoms with Crippen molar-refractivity contribution in [1.29, 1.82) is 0 Å². The molecule has 0 saturated carbocycles. The van der Waals surface area contributed by atoms with Gasteiger partial charge in [0.2, 0.25) is 0 Å². The second-order valence-electron chi connectivity index (χ2n) is 5.55. The number of carbonyl (C=O) groups excluding carboxylic acids is 1. The van der Waals surface area contributed by atoms with Crippen molar-refractivity contribution >= 4 is 6.03 Å². The highest BCUT2D eigenvalue weighted by molar-refractivity contribution is 5.74. The highest BCUT2D eigenvalue weighted by atomic mass is 16.3. The van der Waals surface area contributed by atoms with Crippen molar-refractivity contribution in [3.05, 3.63) is 18.5 Å². The van der Waals surface area contributed by atoms with Crippen LogP contribution in [0.5, 0.6) is 0 Å². The third-order valence-corrected chi connectivity index (χ3v) is 3.23. The van der Waals surface area contributed by atoms with Crippen molar-refractivity contribution in [2.24, 2.45) is 11.8 Å². The molecule has 3 N–H and O–H groups in total. The summed E-state index contributed by atoms with van der Waals surface area (Å²) in [6, 6.07) is 1.71. The lowest BCUT2D eigenvalue weighted by atomic mass is 10.0. The molecule has 0 radical (unpaired) electrons. The van der Waals surface area contributed by atoms with E-state index in [1.165, 1.54) is 0 Å². The zero-order chi connectivity index (χ0) is 15.0. The van der Waals surface area contributed by atoms with Crippen LogP contribution in [-0.2, 0) is 6.54 Å². The molecule has 0 bridgehead atoms. The SMILES string of the molecule is CC(CNC(=O)NC(CCO)C(C)C)Cn1cccn1. The molecule has 1 heterocycles. The molecule has 1 aromatic heterocycles. The van der Waals surface area contributed by atoms with Crippen LogP contribution in [0.4, 0.5) is 4.79 Å². The van der Waals surface area contributed by atoms with Gasteiger partial charge in [0.25, 0.3) is 0 Å². The number of aliphatic hydroxyl groups is 1. The molecule has 114 valence electrons. The molecular weight excluding hydrogens is 256 g/mol. The van der Waals surface area contributed by atoms with E-state index in [9.17, 15) is 4.79 Å². The summed E-state index contributed by atoms with van der Waals surface area (Å²) in [7, 11) is 0. The standard InChI is InChI=1S/C14H26N4O2/c1-11(2)13(5-8-19)17-14(20)15-9-12(3)10-18-7-4-6-16-18/h4,6-7,11-13,19H,5,8-10H2,1-3H3,(H2,15,17,20). The van der Waals surface area contributed by atoms with Crippen LogP contribution >= 0.6 is 0 Å². The van der Waals surface area contributed by atoms with Crippen LogP contribution in [0.2, 0.25) is 0 Å². The monoisotopic (exact) mass is 282 g/mol. The Balaban J connectivity index is 2.27. The number of nitrogens with one attached hydrogen (secondary N) is 2. The third-order valence-electron chi connectivity index (χ3n) is 3.23. The van der Waals surface area contributed by atoms with Gasteiger partial charge in [-0.25, -0.2) is 4.79 Å². The summed E-state index contributed by atoms with van der Waals surface area (Å²) < 4.78 is 1.85. The Bertz CT molecular complexity index is 379. The minimum atomic E-state index is -0.176. The lowest BCUT2D eigenvalue weighted by Gasteiger charge is -2.22. The number of urea groups is 1. The zero-order valence-electron chi connectivity index (χ0n) is 12.5. The lowest BCUT2D eigenvalue weighted by Crippen LogP contribution is -2.46. The first-order valence-corrected chi connectivity index (χ1v) is 7.15. The Hall–Kier alpha value is -1.56. The minimum absolute atomic E-state index is 0.00132. The quantitative estimate of drug-likeness (QED) is 0.671. The molecule has 0 saturated heterocycles. The van der Waals surface area contributed by atoms with E-state index in [0.717, 1.165) is 6.54 Å². The van der Waals surface area contributed by atoms with E-state index in [1.54, 1.807) is 6.20 Å². The van der Waals surface area contributed by atoms with Gasteiger partial charge in [0.1, 0.15) is 0 Å². The maximum absolute atomic E-state index is 11.8. The molecule has 2 amide bonds. The molecule has 0 aliphatic carbocycles. The first-order valence-electron chi connectivity index (χ1n) is 7.15. The van der Waals surface area contributed by atoms with Gasteiger partial charge in [-0.2, -0.15) is 5.10 Å². The zero-order valence-corrected chi connectivity index (χ0v) is 12.5. The Labute approximate surface area is 120 Å². The van der Waals surface area contributed by atoms with E-state index >= 15 is 0 Å². The topological polar surface area (TPSA) is 79.2 Å². The van der Waals surface area contributed by atoms with Gasteiger partial charge in [-0.05, 0) is 24.3 Å². The predicted molar refractivity (Wildman–Crippen MR) is 78.3 cm³/mol. The van der Waals surface area contributed by atoms with E-state index in [-0.39, 0.29) is 18.7 Å². The molecule has 0 aromatic carbocycles. The second-order valence-corrected chi connectivity index (χ2v) is 5.55. The van der Waals surface area contributed by atoms with Gasteiger partial charge >= 0.3 is 6.03 Å². The summed E-state index contributed by atoms with van der Waals surface area (Å²) in [5.74, 6) is 0.602. The number of rotatable bonds is 8. The summed E-state index contributed by atoms with van der Waals surface area (Å²) in [5.41, 5.74) is 0. The van der Waals surface area contributed by atoms with E-state index in [4.69, 9.17) is 5.11 Å². The summed E-state index contributed by atoms with van der Waals surface area (Å²) >= 11 is 0. The molecule has 2 atom stereocenters. The second kappa shape index (κ2) is 8.58. The summed E-state index contributed by atoms with van der Waals surface area (Å²) in [6.07, 6.45) is 4.23. The molecule has 20 heavy (non-hydrogen) atoms. The molecule has 2 unspecified atom stereocenters. The largest absolute Gasteiger partial charge is 0.396 e. The summed E-state index contributed by atoms with van der Waals surface area (Å²) in [6.45, 7) is 7.57. The number of aliphatic hydroxyl groups excluding tert-OH is 1. The Morgan fingerprint density at radius 1 is 1.40 bits per heavy atom. The average molecular weight is 282 g/mol. The predicted octanol–water partition coefficient (Wildman–Crippen LogP) is 1.23. The van der Waals surface area contributed by atoms with Crippen LogP contribution in [0.25, 0.3) is 0 Å². The number of nitrogens with zero attached hydrogens (tertiary/aromatic N) is 2. The number of carbonyl (C=O) groups is 1. The van der Waals surface area contributed by atoms with Crippen LogP contribution < -0.4 is 10.6 Å². The smallest absolute Gasteiger partial charge is 0.315 e. The fourth-order valence-electron chi connectivity index (χ4n) is 1.99. The van der Waals surface area contributed by atoms with Crippen LogP contribution in [-0.4, -0.2) is 40.1 Å². The maximum atomic E-state index is 11.8. The van der Waals surface area contributed by atoms with Crippen LogP contribution in [0.3, 0.4) is 0 Å². The molecule has 0 fully saturated rings.